The maximum atomic E-state index is 11.8. The molecule has 2 amide bonds. The minimum atomic E-state index is -0.165. The molecule has 3 rings (SSSR count). The Morgan fingerprint density at radius 2 is 1.79 bits per heavy atom. The monoisotopic (exact) mass is 255 g/mol. The van der Waals surface area contributed by atoms with Gasteiger partial charge in [0.05, 0.1) is 18.4 Å². The molecule has 0 spiro atoms. The lowest BCUT2D eigenvalue weighted by molar-refractivity contribution is -0.142. The molecule has 1 N–H and O–H groups in total. The van der Waals surface area contributed by atoms with Crippen molar-refractivity contribution < 1.29 is 14.7 Å². The van der Waals surface area contributed by atoms with Gasteiger partial charge in [-0.2, -0.15) is 0 Å². The quantitative estimate of drug-likeness (QED) is 0.619. The van der Waals surface area contributed by atoms with Gasteiger partial charge in [-0.15, -0.1) is 0 Å². The zero-order chi connectivity index (χ0) is 13.4. The van der Waals surface area contributed by atoms with E-state index in [1.807, 2.05) is 24.3 Å². The van der Waals surface area contributed by atoms with Gasteiger partial charge in [0.2, 0.25) is 11.8 Å². The van der Waals surface area contributed by atoms with E-state index in [9.17, 15) is 9.59 Å². The van der Waals surface area contributed by atoms with Crippen LogP contribution in [0.1, 0.15) is 17.5 Å². The van der Waals surface area contributed by atoms with Crippen LogP contribution in [0.25, 0.3) is 0 Å². The summed E-state index contributed by atoms with van der Waals surface area (Å²) in [4.78, 5) is 25.0. The predicted molar refractivity (Wildman–Crippen MR) is 67.6 cm³/mol. The Labute approximate surface area is 111 Å². The van der Waals surface area contributed by atoms with Crippen LogP contribution in [0.3, 0.4) is 0 Å². The third-order valence-electron chi connectivity index (χ3n) is 3.56. The lowest BCUT2D eigenvalue weighted by Crippen LogP contribution is -2.32. The number of benzene rings is 1. The van der Waals surface area contributed by atoms with E-state index in [-0.39, 0.29) is 30.3 Å². The molecule has 1 heterocycles. The fraction of sp³-hybridized carbons (Fsp3) is 0.333. The first kappa shape index (κ1) is 11.9. The highest BCUT2D eigenvalue weighted by Gasteiger charge is 2.58. The first-order valence-corrected chi connectivity index (χ1v) is 6.24. The Hall–Kier alpha value is -2.12. The molecule has 2 atom stereocenters. The number of aliphatic hydroxyl groups excluding tert-OH is 1. The first-order chi connectivity index (χ1) is 9.20. The Balaban J connectivity index is 1.70. The molecule has 2 unspecified atom stereocenters. The molecule has 2 fully saturated rings. The van der Waals surface area contributed by atoms with E-state index in [4.69, 9.17) is 5.11 Å². The molecule has 1 aromatic carbocycles. The SMILES string of the molecule is O=C1C2CC2C(=O)N1Cc1ccc(C#CCO)cc1. The highest BCUT2D eigenvalue weighted by molar-refractivity contribution is 6.08. The van der Waals surface area contributed by atoms with Gasteiger partial charge in [-0.25, -0.2) is 0 Å². The molecule has 0 radical (unpaired) electrons. The van der Waals surface area contributed by atoms with E-state index in [2.05, 4.69) is 11.8 Å². The molecular weight excluding hydrogens is 242 g/mol. The third-order valence-corrected chi connectivity index (χ3v) is 3.56. The van der Waals surface area contributed by atoms with Crippen molar-refractivity contribution >= 4 is 11.8 Å². The molecule has 4 nitrogen and oxygen atoms in total. The zero-order valence-electron chi connectivity index (χ0n) is 10.3. The van der Waals surface area contributed by atoms with E-state index < -0.39 is 0 Å². The van der Waals surface area contributed by atoms with Crippen molar-refractivity contribution in [2.75, 3.05) is 6.61 Å². The third kappa shape index (κ3) is 2.13. The number of imide groups is 1. The molecule has 1 saturated heterocycles. The van der Waals surface area contributed by atoms with Gasteiger partial charge in [-0.05, 0) is 24.1 Å². The van der Waals surface area contributed by atoms with Gasteiger partial charge in [0, 0.05) is 5.56 Å². The van der Waals surface area contributed by atoms with Crippen LogP contribution in [-0.2, 0) is 16.1 Å². The Kier molecular flexibility index (Phi) is 2.84. The highest BCUT2D eigenvalue weighted by Crippen LogP contribution is 2.47. The van der Waals surface area contributed by atoms with Crippen LogP contribution in [0, 0.1) is 23.7 Å². The summed E-state index contributed by atoms with van der Waals surface area (Å²) in [6.07, 6.45) is 0.740. The van der Waals surface area contributed by atoms with Gasteiger partial charge in [-0.3, -0.25) is 14.5 Å². The van der Waals surface area contributed by atoms with E-state index in [0.29, 0.717) is 6.54 Å². The molecule has 2 aliphatic rings. The number of rotatable bonds is 2. The minimum absolute atomic E-state index is 0.0286. The molecule has 1 aliphatic carbocycles. The largest absolute Gasteiger partial charge is 0.384 e. The average Bonchev–Trinajstić information content (AvgIpc) is 3.18. The fourth-order valence-electron chi connectivity index (χ4n) is 2.42. The smallest absolute Gasteiger partial charge is 0.233 e. The van der Waals surface area contributed by atoms with E-state index >= 15 is 0 Å². The van der Waals surface area contributed by atoms with Crippen molar-refractivity contribution in [3.8, 4) is 11.8 Å². The lowest BCUT2D eigenvalue weighted by atomic mass is 10.1. The normalized spacial score (nSPS) is 23.9. The fourth-order valence-corrected chi connectivity index (χ4v) is 2.42. The summed E-state index contributed by atoms with van der Waals surface area (Å²) in [6, 6.07) is 7.35. The number of hydrogen-bond acceptors (Lipinski definition) is 3. The molecule has 4 heteroatoms. The Morgan fingerprint density at radius 3 is 2.37 bits per heavy atom. The maximum Gasteiger partial charge on any atom is 0.233 e. The molecule has 96 valence electrons. The summed E-state index contributed by atoms with van der Waals surface area (Å²) in [5, 5.41) is 8.60. The van der Waals surface area contributed by atoms with Crippen LogP contribution >= 0.6 is 0 Å². The van der Waals surface area contributed by atoms with Gasteiger partial charge in [-0.1, -0.05) is 24.0 Å². The lowest BCUT2D eigenvalue weighted by Gasteiger charge is -2.16. The predicted octanol–water partition coefficient (Wildman–Crippen LogP) is 0.535. The van der Waals surface area contributed by atoms with Gasteiger partial charge in [0.15, 0.2) is 0 Å². The molecule has 0 aromatic heterocycles. The number of aliphatic hydroxyl groups is 1. The molecular formula is C15H13NO3. The number of carbonyl (C=O) groups excluding carboxylic acids is 2. The number of amides is 2. The van der Waals surface area contributed by atoms with Crippen molar-refractivity contribution in [2.24, 2.45) is 11.8 Å². The summed E-state index contributed by atoms with van der Waals surface area (Å²) in [5.74, 6) is 5.23. The second-order valence-electron chi connectivity index (χ2n) is 4.87. The Bertz CT molecular complexity index is 574. The summed E-state index contributed by atoms with van der Waals surface area (Å²) >= 11 is 0. The zero-order valence-corrected chi connectivity index (χ0v) is 10.3. The number of nitrogens with zero attached hydrogens (tertiary/aromatic N) is 1. The van der Waals surface area contributed by atoms with Gasteiger partial charge in [0.25, 0.3) is 0 Å². The van der Waals surface area contributed by atoms with E-state index in [1.54, 1.807) is 0 Å². The summed E-state index contributed by atoms with van der Waals surface area (Å²) < 4.78 is 0. The number of hydrogen-bond donors (Lipinski definition) is 1. The van der Waals surface area contributed by atoms with Crippen molar-refractivity contribution in [1.29, 1.82) is 0 Å². The highest BCUT2D eigenvalue weighted by atomic mass is 16.2. The molecule has 0 bridgehead atoms. The summed E-state index contributed by atoms with van der Waals surface area (Å²) in [6.45, 7) is 0.180. The topological polar surface area (TPSA) is 57.6 Å². The van der Waals surface area contributed by atoms with Crippen molar-refractivity contribution in [2.45, 2.75) is 13.0 Å². The number of fused-ring (bicyclic) bond motifs is 1. The summed E-state index contributed by atoms with van der Waals surface area (Å²) in [7, 11) is 0. The first-order valence-electron chi connectivity index (χ1n) is 6.24. The van der Waals surface area contributed by atoms with E-state index in [1.165, 1.54) is 4.90 Å². The van der Waals surface area contributed by atoms with Crippen LogP contribution in [0.2, 0.25) is 0 Å². The standard InChI is InChI=1S/C15H13NO3/c17-7-1-2-10-3-5-11(6-4-10)9-16-14(18)12-8-13(12)15(16)19/h3-6,12-13,17H,7-9H2. The number of likely N-dealkylation sites (tertiary alicyclic amines) is 1. The van der Waals surface area contributed by atoms with Crippen molar-refractivity contribution in [1.82, 2.24) is 4.90 Å². The molecule has 19 heavy (non-hydrogen) atoms. The van der Waals surface area contributed by atoms with Gasteiger partial charge < -0.3 is 5.11 Å². The van der Waals surface area contributed by atoms with Crippen LogP contribution in [0.15, 0.2) is 24.3 Å². The molecule has 1 aromatic rings. The number of carbonyl (C=O) groups is 2. The molecule has 1 saturated carbocycles. The Morgan fingerprint density at radius 1 is 1.16 bits per heavy atom. The van der Waals surface area contributed by atoms with Crippen LogP contribution in [0.5, 0.6) is 0 Å². The van der Waals surface area contributed by atoms with Gasteiger partial charge in [0.1, 0.15) is 6.61 Å². The second-order valence-corrected chi connectivity index (χ2v) is 4.87. The van der Waals surface area contributed by atoms with Gasteiger partial charge >= 0.3 is 0 Å². The van der Waals surface area contributed by atoms with Crippen LogP contribution in [-0.4, -0.2) is 28.4 Å². The maximum absolute atomic E-state index is 11.8. The van der Waals surface area contributed by atoms with E-state index in [0.717, 1.165) is 17.5 Å². The number of piperidine rings is 1. The van der Waals surface area contributed by atoms with Crippen LogP contribution in [0.4, 0.5) is 0 Å². The minimum Gasteiger partial charge on any atom is -0.384 e. The second kappa shape index (κ2) is 4.52. The van der Waals surface area contributed by atoms with Crippen LogP contribution < -0.4 is 0 Å². The average molecular weight is 255 g/mol. The summed E-state index contributed by atoms with van der Waals surface area (Å²) in [5.41, 5.74) is 1.72. The van der Waals surface area contributed by atoms with Crippen molar-refractivity contribution in [3.05, 3.63) is 35.4 Å². The van der Waals surface area contributed by atoms with Crippen molar-refractivity contribution in [3.63, 3.8) is 0 Å². The molecule has 1 aliphatic heterocycles.